The topological polar surface area (TPSA) is 54.9 Å². The smallest absolute Gasteiger partial charge is 0.234 e. The van der Waals surface area contributed by atoms with Crippen molar-refractivity contribution in [3.63, 3.8) is 0 Å². The number of amides is 1. The molecule has 1 heterocycles. The van der Waals surface area contributed by atoms with Crippen LogP contribution in [0, 0.1) is 19.7 Å². The first-order valence-electron chi connectivity index (χ1n) is 8.21. The number of carbonyl (C=O) groups excluding carboxylic acids is 1. The molecule has 4 nitrogen and oxygen atoms in total. The van der Waals surface area contributed by atoms with Crippen LogP contribution in [0.2, 0.25) is 5.02 Å². The Hall–Kier alpha value is -2.44. The number of aryl methyl sites for hydroxylation is 2. The molecule has 7 heteroatoms. The van der Waals surface area contributed by atoms with Crippen molar-refractivity contribution in [2.75, 3.05) is 11.1 Å². The first-order chi connectivity index (χ1) is 12.9. The lowest BCUT2D eigenvalue weighted by atomic mass is 10.2. The van der Waals surface area contributed by atoms with E-state index in [0.29, 0.717) is 27.1 Å². The first-order valence-corrected chi connectivity index (χ1v) is 9.57. The number of aromatic nitrogens is 2. The molecule has 0 aliphatic rings. The van der Waals surface area contributed by atoms with Gasteiger partial charge in [-0.05, 0) is 49.7 Å². The van der Waals surface area contributed by atoms with Gasteiger partial charge in [-0.2, -0.15) is 0 Å². The Morgan fingerprint density at radius 2 is 1.96 bits per heavy atom. The van der Waals surface area contributed by atoms with Crippen molar-refractivity contribution in [2.45, 2.75) is 18.9 Å². The van der Waals surface area contributed by atoms with Crippen LogP contribution in [-0.2, 0) is 4.79 Å². The number of anilines is 1. The van der Waals surface area contributed by atoms with Gasteiger partial charge in [0.2, 0.25) is 5.91 Å². The van der Waals surface area contributed by atoms with Gasteiger partial charge in [-0.3, -0.25) is 4.79 Å². The molecule has 1 aromatic heterocycles. The number of nitrogens with zero attached hydrogens (tertiary/aromatic N) is 2. The van der Waals surface area contributed by atoms with Crippen molar-refractivity contribution >= 4 is 35.0 Å². The molecule has 3 rings (SSSR count). The Morgan fingerprint density at radius 3 is 2.74 bits per heavy atom. The SMILES string of the molecule is Cc1cc(SCC(=O)Nc2cc(Cl)ccc2C)nc(-c2cccc(F)c2)n1. The van der Waals surface area contributed by atoms with Crippen LogP contribution >= 0.6 is 23.4 Å². The van der Waals surface area contributed by atoms with Crippen molar-refractivity contribution in [3.8, 4) is 11.4 Å². The number of halogens is 2. The number of thioether (sulfide) groups is 1. The van der Waals surface area contributed by atoms with Crippen LogP contribution in [0.4, 0.5) is 10.1 Å². The zero-order chi connectivity index (χ0) is 19.4. The minimum absolute atomic E-state index is 0.158. The van der Waals surface area contributed by atoms with Crippen LogP contribution in [0.25, 0.3) is 11.4 Å². The van der Waals surface area contributed by atoms with Crippen LogP contribution in [0.5, 0.6) is 0 Å². The Bertz CT molecular complexity index is 997. The van der Waals surface area contributed by atoms with E-state index in [1.54, 1.807) is 30.3 Å². The molecule has 0 spiro atoms. The average molecular weight is 402 g/mol. The van der Waals surface area contributed by atoms with Crippen LogP contribution in [0.1, 0.15) is 11.3 Å². The van der Waals surface area contributed by atoms with E-state index >= 15 is 0 Å². The maximum atomic E-state index is 13.5. The molecule has 1 amide bonds. The highest BCUT2D eigenvalue weighted by atomic mass is 35.5. The van der Waals surface area contributed by atoms with Gasteiger partial charge in [0.15, 0.2) is 5.82 Å². The first kappa shape index (κ1) is 19.3. The quantitative estimate of drug-likeness (QED) is 0.466. The van der Waals surface area contributed by atoms with Crippen molar-refractivity contribution in [2.24, 2.45) is 0 Å². The molecule has 3 aromatic rings. The number of carbonyl (C=O) groups is 1. The van der Waals surface area contributed by atoms with Gasteiger partial charge in [0.1, 0.15) is 10.8 Å². The zero-order valence-corrected chi connectivity index (χ0v) is 16.4. The number of hydrogen-bond donors (Lipinski definition) is 1. The van der Waals surface area contributed by atoms with Crippen molar-refractivity contribution < 1.29 is 9.18 Å². The van der Waals surface area contributed by atoms with Gasteiger partial charge in [-0.15, -0.1) is 0 Å². The summed E-state index contributed by atoms with van der Waals surface area (Å²) in [6.07, 6.45) is 0. The Morgan fingerprint density at radius 1 is 1.15 bits per heavy atom. The van der Waals surface area contributed by atoms with Gasteiger partial charge in [0.05, 0.1) is 5.75 Å². The molecule has 0 aliphatic carbocycles. The van der Waals surface area contributed by atoms with E-state index in [-0.39, 0.29) is 17.5 Å². The van der Waals surface area contributed by atoms with E-state index in [1.807, 2.05) is 19.9 Å². The van der Waals surface area contributed by atoms with Crippen molar-refractivity contribution in [1.29, 1.82) is 0 Å². The third-order valence-electron chi connectivity index (χ3n) is 3.74. The van der Waals surface area contributed by atoms with E-state index in [4.69, 9.17) is 11.6 Å². The summed E-state index contributed by atoms with van der Waals surface area (Å²) in [4.78, 5) is 21.1. The van der Waals surface area contributed by atoms with E-state index in [2.05, 4.69) is 15.3 Å². The molecule has 0 saturated carbocycles. The fraction of sp³-hybridized carbons (Fsp3) is 0.150. The molecule has 0 saturated heterocycles. The van der Waals surface area contributed by atoms with Gasteiger partial charge < -0.3 is 5.32 Å². The monoisotopic (exact) mass is 401 g/mol. The van der Waals surface area contributed by atoms with E-state index < -0.39 is 0 Å². The highest BCUT2D eigenvalue weighted by Crippen LogP contribution is 2.24. The molecule has 0 aliphatic heterocycles. The Kier molecular flexibility index (Phi) is 6.08. The summed E-state index contributed by atoms with van der Waals surface area (Å²) >= 11 is 7.27. The van der Waals surface area contributed by atoms with Gasteiger partial charge in [0.25, 0.3) is 0 Å². The second-order valence-corrected chi connectivity index (χ2v) is 7.41. The zero-order valence-electron chi connectivity index (χ0n) is 14.8. The van der Waals surface area contributed by atoms with Crippen LogP contribution in [-0.4, -0.2) is 21.6 Å². The third kappa shape index (κ3) is 5.28. The average Bonchev–Trinajstić information content (AvgIpc) is 2.63. The molecular weight excluding hydrogens is 385 g/mol. The Balaban J connectivity index is 1.70. The number of nitrogens with one attached hydrogen (secondary N) is 1. The minimum Gasteiger partial charge on any atom is -0.325 e. The van der Waals surface area contributed by atoms with Crippen LogP contribution in [0.15, 0.2) is 53.6 Å². The highest BCUT2D eigenvalue weighted by Gasteiger charge is 2.10. The predicted octanol–water partition coefficient (Wildman–Crippen LogP) is 5.28. The van der Waals surface area contributed by atoms with E-state index in [0.717, 1.165) is 11.3 Å². The van der Waals surface area contributed by atoms with Crippen LogP contribution < -0.4 is 5.32 Å². The fourth-order valence-corrected chi connectivity index (χ4v) is 3.35. The molecule has 1 N–H and O–H groups in total. The summed E-state index contributed by atoms with van der Waals surface area (Å²) in [6.45, 7) is 3.74. The molecule has 0 fully saturated rings. The van der Waals surface area contributed by atoms with Crippen molar-refractivity contribution in [1.82, 2.24) is 9.97 Å². The summed E-state index contributed by atoms with van der Waals surface area (Å²) in [7, 11) is 0. The third-order valence-corrected chi connectivity index (χ3v) is 4.88. The minimum atomic E-state index is -0.344. The second-order valence-electron chi connectivity index (χ2n) is 5.98. The lowest BCUT2D eigenvalue weighted by Crippen LogP contribution is -2.15. The van der Waals surface area contributed by atoms with Gasteiger partial charge in [-0.25, -0.2) is 14.4 Å². The standard InChI is InChI=1S/C20H17ClFN3OS/c1-12-6-7-15(21)10-17(12)24-18(26)11-27-19-8-13(2)23-20(25-19)14-4-3-5-16(22)9-14/h3-10H,11H2,1-2H3,(H,24,26). The number of benzene rings is 2. The fourth-order valence-electron chi connectivity index (χ4n) is 2.42. The van der Waals surface area contributed by atoms with E-state index in [1.165, 1.54) is 23.9 Å². The maximum absolute atomic E-state index is 13.5. The number of hydrogen-bond acceptors (Lipinski definition) is 4. The van der Waals surface area contributed by atoms with Gasteiger partial charge in [0, 0.05) is 22.0 Å². The molecule has 2 aromatic carbocycles. The summed E-state index contributed by atoms with van der Waals surface area (Å²) in [5.41, 5.74) is 2.97. The summed E-state index contributed by atoms with van der Waals surface area (Å²) in [5, 5.41) is 4.07. The lowest BCUT2D eigenvalue weighted by molar-refractivity contribution is -0.113. The molecule has 0 bridgehead atoms. The maximum Gasteiger partial charge on any atom is 0.234 e. The van der Waals surface area contributed by atoms with Crippen molar-refractivity contribution in [3.05, 3.63) is 70.6 Å². The van der Waals surface area contributed by atoms with Crippen LogP contribution in [0.3, 0.4) is 0 Å². The van der Waals surface area contributed by atoms with Gasteiger partial charge in [-0.1, -0.05) is 41.6 Å². The summed E-state index contributed by atoms with van der Waals surface area (Å²) in [6, 6.07) is 13.3. The number of rotatable bonds is 5. The Labute approximate surface area is 166 Å². The second kappa shape index (κ2) is 8.50. The normalized spacial score (nSPS) is 10.7. The molecular formula is C20H17ClFN3OS. The molecule has 27 heavy (non-hydrogen) atoms. The van der Waals surface area contributed by atoms with E-state index in [9.17, 15) is 9.18 Å². The predicted molar refractivity (Wildman–Crippen MR) is 108 cm³/mol. The van der Waals surface area contributed by atoms with Gasteiger partial charge >= 0.3 is 0 Å². The lowest BCUT2D eigenvalue weighted by Gasteiger charge is -2.09. The molecule has 0 atom stereocenters. The molecule has 138 valence electrons. The summed E-state index contributed by atoms with van der Waals surface area (Å²) in [5.74, 6) is 0.116. The summed E-state index contributed by atoms with van der Waals surface area (Å²) < 4.78 is 13.5. The highest BCUT2D eigenvalue weighted by molar-refractivity contribution is 7.99. The molecule has 0 unspecified atom stereocenters. The largest absolute Gasteiger partial charge is 0.325 e. The molecule has 0 radical (unpaired) electrons.